The fourth-order valence-corrected chi connectivity index (χ4v) is 9.80. The van der Waals surface area contributed by atoms with Crippen LogP contribution in [0.4, 0.5) is 0 Å². The van der Waals surface area contributed by atoms with E-state index in [0.29, 0.717) is 0 Å². The summed E-state index contributed by atoms with van der Waals surface area (Å²) >= 11 is 0. The Kier molecular flexibility index (Phi) is 24.0. The van der Waals surface area contributed by atoms with Crippen LogP contribution >= 0.6 is 7.26 Å². The highest BCUT2D eigenvalue weighted by Crippen LogP contribution is 2.61. The largest absolute Gasteiger partial charge is 0.103 e. The van der Waals surface area contributed by atoms with Crippen LogP contribution in [0.25, 0.3) is 0 Å². The van der Waals surface area contributed by atoms with Gasteiger partial charge < -0.3 is 0 Å². The molecule has 0 aromatic heterocycles. The Morgan fingerprint density at radius 2 is 0.733 bits per heavy atom. The summed E-state index contributed by atoms with van der Waals surface area (Å²) in [7, 11) is -0.740. The van der Waals surface area contributed by atoms with E-state index in [2.05, 4.69) is 33.4 Å². The van der Waals surface area contributed by atoms with Gasteiger partial charge in [0.05, 0.1) is 24.6 Å². The highest BCUT2D eigenvalue weighted by Gasteiger charge is 2.34. The van der Waals surface area contributed by atoms with Gasteiger partial charge in [0.1, 0.15) is 0 Å². The van der Waals surface area contributed by atoms with Crippen molar-refractivity contribution in [3.8, 4) is 0 Å². The van der Waals surface area contributed by atoms with Crippen LogP contribution in [-0.4, -0.2) is 24.6 Å². The molecule has 0 aliphatic carbocycles. The zero-order valence-corrected chi connectivity index (χ0v) is 22.6. The Morgan fingerprint density at radius 3 is 1.07 bits per heavy atom. The summed E-state index contributed by atoms with van der Waals surface area (Å²) in [6, 6.07) is 0. The third-order valence-corrected chi connectivity index (χ3v) is 12.1. The van der Waals surface area contributed by atoms with E-state index >= 15 is 0 Å². The van der Waals surface area contributed by atoms with Crippen LogP contribution in [0.15, 0.2) is 12.7 Å². The Balaban J connectivity index is 4.63. The molecular weight excluding hydrogens is 379 g/mol. The summed E-state index contributed by atoms with van der Waals surface area (Å²) in [4.78, 5) is 0. The molecule has 1 heteroatoms. The van der Waals surface area contributed by atoms with Crippen LogP contribution in [0.1, 0.15) is 149 Å². The smallest absolute Gasteiger partial charge is 0.0597 e. The SMILES string of the molecule is C=CCCC[P+](CCCCCCCC)(CCCCCCCC)CCCCCCCC. The average molecular weight is 440 g/mol. The first-order chi connectivity index (χ1) is 14.7. The summed E-state index contributed by atoms with van der Waals surface area (Å²) in [5, 5.41) is 0. The third kappa shape index (κ3) is 18.9. The van der Waals surface area contributed by atoms with E-state index < -0.39 is 7.26 Å². The second kappa shape index (κ2) is 23.8. The van der Waals surface area contributed by atoms with Gasteiger partial charge >= 0.3 is 0 Å². The molecule has 0 aromatic carbocycles. The molecule has 0 nitrogen and oxygen atoms in total. The first-order valence-corrected chi connectivity index (χ1v) is 16.7. The minimum atomic E-state index is -0.740. The highest BCUT2D eigenvalue weighted by atomic mass is 31.2. The van der Waals surface area contributed by atoms with Crippen molar-refractivity contribution < 1.29 is 0 Å². The maximum absolute atomic E-state index is 4.00. The van der Waals surface area contributed by atoms with E-state index in [1.165, 1.54) is 128 Å². The van der Waals surface area contributed by atoms with Crippen molar-refractivity contribution in [2.45, 2.75) is 149 Å². The highest BCUT2D eigenvalue weighted by molar-refractivity contribution is 7.75. The Labute approximate surface area is 193 Å². The Hall–Kier alpha value is 0.170. The van der Waals surface area contributed by atoms with Gasteiger partial charge in [-0.2, -0.15) is 0 Å². The molecule has 0 bridgehead atoms. The molecule has 0 radical (unpaired) electrons. The molecule has 0 saturated carbocycles. The van der Waals surface area contributed by atoms with E-state index in [0.717, 1.165) is 0 Å². The average Bonchev–Trinajstić information content (AvgIpc) is 2.75. The van der Waals surface area contributed by atoms with Gasteiger partial charge in [-0.1, -0.05) is 104 Å². The second-order valence-corrected chi connectivity index (χ2v) is 14.4. The maximum Gasteiger partial charge on any atom is 0.0597 e. The van der Waals surface area contributed by atoms with E-state index in [-0.39, 0.29) is 0 Å². The lowest BCUT2D eigenvalue weighted by molar-refractivity contribution is 0.615. The standard InChI is InChI=1S/C29H60P/c1-5-9-13-16-19-23-27-30(26-22-12-8-4,28-24-20-17-14-10-6-2)29-25-21-18-15-11-7-3/h8H,4-7,9-29H2,1-3H3/q+1. The van der Waals surface area contributed by atoms with Crippen LogP contribution in [0.5, 0.6) is 0 Å². The predicted molar refractivity (Wildman–Crippen MR) is 146 cm³/mol. The van der Waals surface area contributed by atoms with Gasteiger partial charge in [0.25, 0.3) is 0 Å². The molecule has 30 heavy (non-hydrogen) atoms. The van der Waals surface area contributed by atoms with Crippen LogP contribution in [-0.2, 0) is 0 Å². The van der Waals surface area contributed by atoms with E-state index in [1.807, 2.05) is 0 Å². The van der Waals surface area contributed by atoms with Gasteiger partial charge in [-0.25, -0.2) is 0 Å². The fourth-order valence-electron chi connectivity index (χ4n) is 4.92. The zero-order chi connectivity index (χ0) is 22.2. The molecule has 0 spiro atoms. The molecule has 0 fully saturated rings. The topological polar surface area (TPSA) is 0 Å². The molecule has 0 saturated heterocycles. The van der Waals surface area contributed by atoms with Crippen molar-refractivity contribution >= 4 is 7.26 Å². The van der Waals surface area contributed by atoms with Gasteiger partial charge in [-0.05, 0) is 51.4 Å². The van der Waals surface area contributed by atoms with Gasteiger partial charge in [0.2, 0.25) is 0 Å². The van der Waals surface area contributed by atoms with Gasteiger partial charge in [-0.3, -0.25) is 0 Å². The minimum Gasteiger partial charge on any atom is -0.103 e. The summed E-state index contributed by atoms with van der Waals surface area (Å²) in [5.74, 6) is 0. The molecular formula is C29H60P+. The number of hydrogen-bond donors (Lipinski definition) is 0. The number of rotatable bonds is 25. The molecule has 0 aliphatic rings. The predicted octanol–water partition coefficient (Wildman–Crippen LogP) is 11.1. The van der Waals surface area contributed by atoms with Crippen molar-refractivity contribution in [3.05, 3.63) is 12.7 Å². The van der Waals surface area contributed by atoms with E-state index in [9.17, 15) is 0 Å². The molecule has 0 heterocycles. The van der Waals surface area contributed by atoms with Crippen LogP contribution in [0, 0.1) is 0 Å². The molecule has 0 atom stereocenters. The number of unbranched alkanes of at least 4 members (excludes halogenated alkanes) is 16. The van der Waals surface area contributed by atoms with Crippen molar-refractivity contribution in [3.63, 3.8) is 0 Å². The summed E-state index contributed by atoms with van der Waals surface area (Å²) in [6.07, 6.45) is 37.5. The van der Waals surface area contributed by atoms with Crippen molar-refractivity contribution in [2.75, 3.05) is 24.6 Å². The maximum atomic E-state index is 4.00. The minimum absolute atomic E-state index is 0.740. The molecule has 0 unspecified atom stereocenters. The zero-order valence-electron chi connectivity index (χ0n) is 21.7. The summed E-state index contributed by atoms with van der Waals surface area (Å²) < 4.78 is 0. The monoisotopic (exact) mass is 439 g/mol. The lowest BCUT2D eigenvalue weighted by Gasteiger charge is -2.28. The fraction of sp³-hybridized carbons (Fsp3) is 0.931. The summed E-state index contributed by atoms with van der Waals surface area (Å²) in [5.41, 5.74) is 0. The number of hydrogen-bond acceptors (Lipinski definition) is 0. The molecule has 0 aromatic rings. The number of allylic oxidation sites excluding steroid dienone is 1. The second-order valence-electron chi connectivity index (χ2n) is 9.97. The van der Waals surface area contributed by atoms with Crippen LogP contribution in [0.3, 0.4) is 0 Å². The molecule has 0 aliphatic heterocycles. The van der Waals surface area contributed by atoms with E-state index in [1.54, 1.807) is 24.6 Å². The van der Waals surface area contributed by atoms with E-state index in [4.69, 9.17) is 0 Å². The van der Waals surface area contributed by atoms with Gasteiger partial charge in [-0.15, -0.1) is 6.58 Å². The lowest BCUT2D eigenvalue weighted by atomic mass is 10.1. The van der Waals surface area contributed by atoms with Crippen LogP contribution < -0.4 is 0 Å². The van der Waals surface area contributed by atoms with Crippen molar-refractivity contribution in [2.24, 2.45) is 0 Å². The molecule has 0 N–H and O–H groups in total. The quantitative estimate of drug-likeness (QED) is 0.0753. The van der Waals surface area contributed by atoms with Gasteiger partial charge in [0.15, 0.2) is 0 Å². The normalized spacial score (nSPS) is 11.8. The molecule has 180 valence electrons. The molecule has 0 rings (SSSR count). The summed E-state index contributed by atoms with van der Waals surface area (Å²) in [6.45, 7) is 11.0. The Bertz CT molecular complexity index is 294. The van der Waals surface area contributed by atoms with Gasteiger partial charge in [0, 0.05) is 7.26 Å². The first kappa shape index (κ1) is 30.2. The third-order valence-electron chi connectivity index (χ3n) is 7.00. The molecule has 0 amide bonds. The van der Waals surface area contributed by atoms with Crippen molar-refractivity contribution in [1.29, 1.82) is 0 Å². The lowest BCUT2D eigenvalue weighted by Crippen LogP contribution is -2.13. The Morgan fingerprint density at radius 1 is 0.433 bits per heavy atom. The first-order valence-electron chi connectivity index (χ1n) is 14.2. The van der Waals surface area contributed by atoms with Crippen LogP contribution in [0.2, 0.25) is 0 Å². The van der Waals surface area contributed by atoms with Crippen molar-refractivity contribution in [1.82, 2.24) is 0 Å².